The summed E-state index contributed by atoms with van der Waals surface area (Å²) in [5.41, 5.74) is 1.43. The van der Waals surface area contributed by atoms with E-state index in [0.29, 0.717) is 18.6 Å². The van der Waals surface area contributed by atoms with Crippen molar-refractivity contribution in [3.63, 3.8) is 0 Å². The monoisotopic (exact) mass is 360 g/mol. The molecule has 0 radical (unpaired) electrons. The number of alkyl halides is 2. The molecule has 136 valence electrons. The number of rotatable bonds is 6. The van der Waals surface area contributed by atoms with Gasteiger partial charge < -0.3 is 9.47 Å². The topological polar surface area (TPSA) is 18.5 Å². The molecular formula is C21H19F3O2. The summed E-state index contributed by atoms with van der Waals surface area (Å²) in [6.07, 6.45) is 6.16. The van der Waals surface area contributed by atoms with Gasteiger partial charge in [0.05, 0.1) is 0 Å². The summed E-state index contributed by atoms with van der Waals surface area (Å²) < 4.78 is 49.0. The van der Waals surface area contributed by atoms with E-state index in [1.165, 1.54) is 18.2 Å². The molecule has 1 aliphatic carbocycles. The predicted octanol–water partition coefficient (Wildman–Crippen LogP) is 5.70. The van der Waals surface area contributed by atoms with Crippen molar-refractivity contribution in [1.29, 1.82) is 0 Å². The van der Waals surface area contributed by atoms with Crippen LogP contribution in [0.4, 0.5) is 13.2 Å². The van der Waals surface area contributed by atoms with Crippen molar-refractivity contribution < 1.29 is 22.6 Å². The van der Waals surface area contributed by atoms with E-state index in [1.54, 1.807) is 30.3 Å². The minimum absolute atomic E-state index is 0.0952. The molecule has 2 aromatic rings. The van der Waals surface area contributed by atoms with Crippen LogP contribution >= 0.6 is 0 Å². The van der Waals surface area contributed by atoms with Crippen LogP contribution in [-0.2, 0) is 10.3 Å². The van der Waals surface area contributed by atoms with E-state index >= 15 is 0 Å². The molecule has 0 bridgehead atoms. The maximum atomic E-state index is 14.0. The number of hydrogen-bond donors (Lipinski definition) is 0. The first-order valence-corrected chi connectivity index (χ1v) is 8.38. The fourth-order valence-corrected chi connectivity index (χ4v) is 3.10. The van der Waals surface area contributed by atoms with Crippen molar-refractivity contribution in [3.05, 3.63) is 83.7 Å². The SMILES string of the molecule is CCOC1(c2ccc(OC(F)F)cc2)C=CC(c2ccccc2F)=CC1. The standard InChI is InChI=1S/C21H19F3O2/c1-2-25-21(16-7-9-17(10-8-16)26-20(23)24)13-11-15(12-14-21)18-5-3-4-6-19(18)22/h3-13,20H,2,14H2,1H3. The molecule has 0 fully saturated rings. The molecule has 0 amide bonds. The average molecular weight is 360 g/mol. The van der Waals surface area contributed by atoms with Gasteiger partial charge in [0.1, 0.15) is 17.2 Å². The first-order valence-electron chi connectivity index (χ1n) is 8.38. The summed E-state index contributed by atoms with van der Waals surface area (Å²) in [4.78, 5) is 0. The minimum atomic E-state index is -2.86. The smallest absolute Gasteiger partial charge is 0.387 e. The van der Waals surface area contributed by atoms with Crippen LogP contribution in [0.25, 0.3) is 5.57 Å². The summed E-state index contributed by atoms with van der Waals surface area (Å²) in [7, 11) is 0. The fourth-order valence-electron chi connectivity index (χ4n) is 3.10. The highest BCUT2D eigenvalue weighted by molar-refractivity contribution is 5.76. The number of benzene rings is 2. The molecule has 1 unspecified atom stereocenters. The molecule has 0 saturated heterocycles. The van der Waals surface area contributed by atoms with Gasteiger partial charge in [-0.15, -0.1) is 0 Å². The van der Waals surface area contributed by atoms with Crippen LogP contribution < -0.4 is 4.74 Å². The van der Waals surface area contributed by atoms with E-state index in [2.05, 4.69) is 4.74 Å². The molecule has 0 heterocycles. The third-order valence-corrected chi connectivity index (χ3v) is 4.31. The van der Waals surface area contributed by atoms with Gasteiger partial charge in [-0.05, 0) is 42.3 Å². The average Bonchev–Trinajstić information content (AvgIpc) is 2.63. The Morgan fingerprint density at radius 2 is 1.81 bits per heavy atom. The molecular weight excluding hydrogens is 341 g/mol. The van der Waals surface area contributed by atoms with Crippen LogP contribution in [0.2, 0.25) is 0 Å². The van der Waals surface area contributed by atoms with Crippen molar-refractivity contribution in [2.45, 2.75) is 25.6 Å². The van der Waals surface area contributed by atoms with E-state index < -0.39 is 12.2 Å². The lowest BCUT2D eigenvalue weighted by atomic mass is 9.83. The fraction of sp³-hybridized carbons (Fsp3) is 0.238. The number of halogens is 3. The van der Waals surface area contributed by atoms with E-state index in [9.17, 15) is 13.2 Å². The lowest BCUT2D eigenvalue weighted by molar-refractivity contribution is -0.0499. The van der Waals surface area contributed by atoms with Crippen molar-refractivity contribution in [2.75, 3.05) is 6.61 Å². The highest BCUT2D eigenvalue weighted by atomic mass is 19.3. The normalized spacial score (nSPS) is 19.5. The van der Waals surface area contributed by atoms with Crippen LogP contribution in [0.3, 0.4) is 0 Å². The van der Waals surface area contributed by atoms with Gasteiger partial charge in [-0.2, -0.15) is 8.78 Å². The molecule has 0 aliphatic heterocycles. The zero-order valence-corrected chi connectivity index (χ0v) is 14.3. The zero-order chi connectivity index (χ0) is 18.6. The lowest BCUT2D eigenvalue weighted by Crippen LogP contribution is -2.28. The quantitative estimate of drug-likeness (QED) is 0.658. The van der Waals surface area contributed by atoms with Crippen molar-refractivity contribution in [1.82, 2.24) is 0 Å². The predicted molar refractivity (Wildman–Crippen MR) is 94.5 cm³/mol. The van der Waals surface area contributed by atoms with Crippen LogP contribution in [0.5, 0.6) is 5.75 Å². The van der Waals surface area contributed by atoms with E-state index in [4.69, 9.17) is 4.74 Å². The molecule has 26 heavy (non-hydrogen) atoms. The van der Waals surface area contributed by atoms with Crippen LogP contribution in [0.15, 0.2) is 66.8 Å². The van der Waals surface area contributed by atoms with Gasteiger partial charge in [0.2, 0.25) is 0 Å². The first kappa shape index (κ1) is 18.3. The molecule has 5 heteroatoms. The largest absolute Gasteiger partial charge is 0.435 e. The number of allylic oxidation sites excluding steroid dienone is 2. The maximum Gasteiger partial charge on any atom is 0.387 e. The van der Waals surface area contributed by atoms with Crippen LogP contribution in [-0.4, -0.2) is 13.2 Å². The lowest BCUT2D eigenvalue weighted by Gasteiger charge is -2.33. The number of ether oxygens (including phenoxy) is 2. The Morgan fingerprint density at radius 3 is 2.38 bits per heavy atom. The third-order valence-electron chi connectivity index (χ3n) is 4.31. The Bertz CT molecular complexity index is 812. The van der Waals surface area contributed by atoms with Crippen molar-refractivity contribution in [2.24, 2.45) is 0 Å². The molecule has 0 aromatic heterocycles. The maximum absolute atomic E-state index is 14.0. The molecule has 3 rings (SSSR count). The highest BCUT2D eigenvalue weighted by Gasteiger charge is 2.31. The zero-order valence-electron chi connectivity index (χ0n) is 14.3. The Kier molecular flexibility index (Phi) is 5.47. The Labute approximate surface area is 150 Å². The van der Waals surface area contributed by atoms with Gasteiger partial charge in [0.25, 0.3) is 0 Å². The van der Waals surface area contributed by atoms with Gasteiger partial charge in [0.15, 0.2) is 0 Å². The summed E-state index contributed by atoms with van der Waals surface area (Å²) in [5.74, 6) is -0.182. The molecule has 2 aromatic carbocycles. The summed E-state index contributed by atoms with van der Waals surface area (Å²) in [6, 6.07) is 13.0. The van der Waals surface area contributed by atoms with E-state index in [1.807, 2.05) is 25.2 Å². The summed E-state index contributed by atoms with van der Waals surface area (Å²) in [5, 5.41) is 0. The summed E-state index contributed by atoms with van der Waals surface area (Å²) >= 11 is 0. The van der Waals surface area contributed by atoms with Crippen LogP contribution in [0.1, 0.15) is 24.5 Å². The first-order chi connectivity index (χ1) is 12.5. The molecule has 0 spiro atoms. The van der Waals surface area contributed by atoms with Crippen molar-refractivity contribution in [3.8, 4) is 5.75 Å². The molecule has 2 nitrogen and oxygen atoms in total. The second-order valence-electron chi connectivity index (χ2n) is 5.90. The van der Waals surface area contributed by atoms with Gasteiger partial charge in [-0.25, -0.2) is 4.39 Å². The molecule has 1 atom stereocenters. The molecule has 0 N–H and O–H groups in total. The summed E-state index contributed by atoms with van der Waals surface area (Å²) in [6.45, 7) is -0.495. The highest BCUT2D eigenvalue weighted by Crippen LogP contribution is 2.38. The Hall–Kier alpha value is -2.53. The van der Waals surface area contributed by atoms with Crippen LogP contribution in [0, 0.1) is 5.82 Å². The number of hydrogen-bond acceptors (Lipinski definition) is 2. The second-order valence-corrected chi connectivity index (χ2v) is 5.90. The van der Waals surface area contributed by atoms with Gasteiger partial charge >= 0.3 is 6.61 Å². The minimum Gasteiger partial charge on any atom is -0.435 e. The van der Waals surface area contributed by atoms with Gasteiger partial charge in [-0.3, -0.25) is 0 Å². The van der Waals surface area contributed by atoms with Crippen molar-refractivity contribution >= 4 is 5.57 Å². The molecule has 1 aliphatic rings. The van der Waals surface area contributed by atoms with Gasteiger partial charge in [-0.1, -0.05) is 42.5 Å². The van der Waals surface area contributed by atoms with Gasteiger partial charge in [0, 0.05) is 18.6 Å². The Balaban J connectivity index is 1.87. The second kappa shape index (κ2) is 7.79. The third kappa shape index (κ3) is 3.83. The molecule has 0 saturated carbocycles. The van der Waals surface area contributed by atoms with E-state index in [0.717, 1.165) is 11.1 Å². The Morgan fingerprint density at radius 1 is 1.08 bits per heavy atom. The van der Waals surface area contributed by atoms with E-state index in [-0.39, 0.29) is 11.6 Å².